The molecule has 4 nitrogen and oxygen atoms in total. The number of ether oxygens (including phenoxy) is 1. The van der Waals surface area contributed by atoms with Crippen molar-refractivity contribution in [1.29, 1.82) is 0 Å². The van der Waals surface area contributed by atoms with Crippen molar-refractivity contribution in [3.05, 3.63) is 0 Å². The van der Waals surface area contributed by atoms with Crippen LogP contribution in [0.2, 0.25) is 0 Å². The van der Waals surface area contributed by atoms with Gasteiger partial charge in [-0.2, -0.15) is 0 Å². The van der Waals surface area contributed by atoms with Gasteiger partial charge in [0.2, 0.25) is 0 Å². The summed E-state index contributed by atoms with van der Waals surface area (Å²) in [6.45, 7) is 5.97. The van der Waals surface area contributed by atoms with Crippen LogP contribution >= 0.6 is 11.6 Å². The Bertz CT molecular complexity index is 231. The lowest BCUT2D eigenvalue weighted by molar-refractivity contribution is -0.148. The number of hydrogen-bond donors (Lipinski definition) is 0. The molecule has 0 spiro atoms. The molecule has 1 unspecified atom stereocenters. The molecule has 0 saturated heterocycles. The van der Waals surface area contributed by atoms with Gasteiger partial charge < -0.3 is 9.64 Å². The molecule has 0 rings (SSSR count). The average molecular weight is 236 g/mol. The number of rotatable bonds is 5. The van der Waals surface area contributed by atoms with E-state index in [2.05, 4.69) is 0 Å². The lowest BCUT2D eigenvalue weighted by Crippen LogP contribution is -2.42. The largest absolute Gasteiger partial charge is 0.464 e. The lowest BCUT2D eigenvalue weighted by Gasteiger charge is -2.25. The van der Waals surface area contributed by atoms with Crippen molar-refractivity contribution in [2.75, 3.05) is 13.7 Å². The standard InChI is InChI=1S/C10H18ClNO3/c1-5-15-9(13)8(6-7(2)3)12(4)10(11)14/h7-8H,5-6H2,1-4H3. The zero-order valence-corrected chi connectivity index (χ0v) is 10.4. The molecule has 5 heteroatoms. The Hall–Kier alpha value is -0.770. The van der Waals surface area contributed by atoms with Crippen molar-refractivity contribution in [2.24, 2.45) is 5.92 Å². The highest BCUT2D eigenvalue weighted by molar-refractivity contribution is 6.62. The fourth-order valence-electron chi connectivity index (χ4n) is 1.22. The van der Waals surface area contributed by atoms with Gasteiger partial charge in [-0.15, -0.1) is 0 Å². The van der Waals surface area contributed by atoms with E-state index in [0.29, 0.717) is 13.0 Å². The highest BCUT2D eigenvalue weighted by Crippen LogP contribution is 2.13. The Morgan fingerprint density at radius 3 is 2.27 bits per heavy atom. The van der Waals surface area contributed by atoms with Crippen LogP contribution in [0.15, 0.2) is 0 Å². The summed E-state index contributed by atoms with van der Waals surface area (Å²) in [7, 11) is 1.50. The molecule has 88 valence electrons. The van der Waals surface area contributed by atoms with Gasteiger partial charge in [0.25, 0.3) is 0 Å². The molecular formula is C10H18ClNO3. The van der Waals surface area contributed by atoms with Crippen molar-refractivity contribution < 1.29 is 14.3 Å². The van der Waals surface area contributed by atoms with Crippen molar-refractivity contribution >= 4 is 22.9 Å². The van der Waals surface area contributed by atoms with E-state index in [-0.39, 0.29) is 5.92 Å². The van der Waals surface area contributed by atoms with E-state index in [0.717, 1.165) is 0 Å². The first-order valence-electron chi connectivity index (χ1n) is 4.99. The maximum Gasteiger partial charge on any atom is 0.328 e. The van der Waals surface area contributed by atoms with Gasteiger partial charge in [-0.3, -0.25) is 4.79 Å². The van der Waals surface area contributed by atoms with E-state index >= 15 is 0 Å². The summed E-state index contributed by atoms with van der Waals surface area (Å²) in [6.07, 6.45) is 0.549. The number of carbonyl (C=O) groups excluding carboxylic acids is 2. The molecule has 0 aliphatic rings. The third-order valence-corrected chi connectivity index (χ3v) is 2.26. The fourth-order valence-corrected chi connectivity index (χ4v) is 1.34. The number of hydrogen-bond acceptors (Lipinski definition) is 3. The first-order valence-corrected chi connectivity index (χ1v) is 5.36. The Morgan fingerprint density at radius 2 is 1.93 bits per heavy atom. The van der Waals surface area contributed by atoms with Crippen LogP contribution in [0.25, 0.3) is 0 Å². The average Bonchev–Trinajstić information content (AvgIpc) is 2.13. The van der Waals surface area contributed by atoms with E-state index in [1.807, 2.05) is 13.8 Å². The molecule has 0 aliphatic carbocycles. The van der Waals surface area contributed by atoms with Crippen LogP contribution in [0, 0.1) is 5.92 Å². The highest BCUT2D eigenvalue weighted by Gasteiger charge is 2.27. The smallest absolute Gasteiger partial charge is 0.328 e. The van der Waals surface area contributed by atoms with Crippen LogP contribution in [-0.2, 0) is 9.53 Å². The Labute approximate surface area is 95.5 Å². The molecular weight excluding hydrogens is 218 g/mol. The normalized spacial score (nSPS) is 12.4. The molecule has 1 amide bonds. The Morgan fingerprint density at radius 1 is 1.40 bits per heavy atom. The highest BCUT2D eigenvalue weighted by atomic mass is 35.5. The first kappa shape index (κ1) is 14.2. The summed E-state index contributed by atoms with van der Waals surface area (Å²) in [4.78, 5) is 23.7. The van der Waals surface area contributed by atoms with Gasteiger partial charge in [-0.1, -0.05) is 13.8 Å². The molecule has 15 heavy (non-hydrogen) atoms. The fraction of sp³-hybridized carbons (Fsp3) is 0.800. The van der Waals surface area contributed by atoms with Gasteiger partial charge >= 0.3 is 11.3 Å². The van der Waals surface area contributed by atoms with Crippen molar-refractivity contribution in [1.82, 2.24) is 4.90 Å². The molecule has 0 N–H and O–H groups in total. The summed E-state index contributed by atoms with van der Waals surface area (Å²) < 4.78 is 4.88. The second-order valence-electron chi connectivity index (χ2n) is 3.76. The van der Waals surface area contributed by atoms with Crippen molar-refractivity contribution in [2.45, 2.75) is 33.2 Å². The third-order valence-electron chi connectivity index (χ3n) is 2.00. The lowest BCUT2D eigenvalue weighted by atomic mass is 10.0. The molecule has 0 fully saturated rings. The second-order valence-corrected chi connectivity index (χ2v) is 4.08. The summed E-state index contributed by atoms with van der Waals surface area (Å²) in [5.74, 6) is -0.111. The van der Waals surface area contributed by atoms with Crippen LogP contribution < -0.4 is 0 Å². The predicted octanol–water partition coefficient (Wildman–Crippen LogP) is 2.25. The summed E-state index contributed by atoms with van der Waals surface area (Å²) >= 11 is 5.33. The van der Waals surface area contributed by atoms with E-state index in [4.69, 9.17) is 16.3 Å². The second kappa shape index (κ2) is 6.67. The van der Waals surface area contributed by atoms with Gasteiger partial charge in [-0.05, 0) is 30.9 Å². The molecule has 1 atom stereocenters. The number of nitrogens with zero attached hydrogens (tertiary/aromatic N) is 1. The number of esters is 1. The maximum absolute atomic E-state index is 11.5. The molecule has 0 radical (unpaired) electrons. The van der Waals surface area contributed by atoms with Gasteiger partial charge in [0.15, 0.2) is 0 Å². The summed E-state index contributed by atoms with van der Waals surface area (Å²) in [5.41, 5.74) is 0. The zero-order valence-electron chi connectivity index (χ0n) is 9.62. The number of carbonyl (C=O) groups is 2. The number of likely N-dealkylation sites (N-methyl/N-ethyl adjacent to an activating group) is 1. The minimum Gasteiger partial charge on any atom is -0.464 e. The van der Waals surface area contributed by atoms with Crippen molar-refractivity contribution in [3.63, 3.8) is 0 Å². The van der Waals surface area contributed by atoms with Crippen LogP contribution in [0.5, 0.6) is 0 Å². The van der Waals surface area contributed by atoms with Gasteiger partial charge in [0.05, 0.1) is 6.61 Å². The summed E-state index contributed by atoms with van der Waals surface area (Å²) in [5, 5.41) is -0.645. The Balaban J connectivity index is 4.56. The minimum absolute atomic E-state index is 0.290. The van der Waals surface area contributed by atoms with E-state index in [1.54, 1.807) is 6.92 Å². The molecule has 0 aromatic heterocycles. The minimum atomic E-state index is -0.645. The Kier molecular flexibility index (Phi) is 6.32. The van der Waals surface area contributed by atoms with Gasteiger partial charge in [-0.25, -0.2) is 4.79 Å². The van der Waals surface area contributed by atoms with Gasteiger partial charge in [0, 0.05) is 7.05 Å². The molecule has 0 aliphatic heterocycles. The van der Waals surface area contributed by atoms with Crippen molar-refractivity contribution in [3.8, 4) is 0 Å². The topological polar surface area (TPSA) is 46.6 Å². The monoisotopic (exact) mass is 235 g/mol. The van der Waals surface area contributed by atoms with Gasteiger partial charge in [0.1, 0.15) is 6.04 Å². The first-order chi connectivity index (χ1) is 6.90. The quantitative estimate of drug-likeness (QED) is 0.417. The number of halogens is 1. The maximum atomic E-state index is 11.5. The van der Waals surface area contributed by atoms with E-state index < -0.39 is 17.4 Å². The molecule has 0 aromatic rings. The summed E-state index contributed by atoms with van der Waals surface area (Å²) in [6, 6.07) is -0.588. The van der Waals surface area contributed by atoms with Crippen LogP contribution in [0.3, 0.4) is 0 Å². The van der Waals surface area contributed by atoms with Crippen LogP contribution in [0.1, 0.15) is 27.2 Å². The predicted molar refractivity (Wildman–Crippen MR) is 58.9 cm³/mol. The zero-order chi connectivity index (χ0) is 12.0. The number of amides is 1. The molecule has 0 bridgehead atoms. The SMILES string of the molecule is CCOC(=O)C(CC(C)C)N(C)C(=O)Cl. The molecule has 0 heterocycles. The van der Waals surface area contributed by atoms with E-state index in [1.165, 1.54) is 11.9 Å². The third kappa shape index (κ3) is 5.02. The van der Waals surface area contributed by atoms with Crippen LogP contribution in [0.4, 0.5) is 4.79 Å². The van der Waals surface area contributed by atoms with E-state index in [9.17, 15) is 9.59 Å². The van der Waals surface area contributed by atoms with Crippen LogP contribution in [-0.4, -0.2) is 35.9 Å². The molecule has 0 aromatic carbocycles. The molecule has 0 saturated carbocycles.